The Balaban J connectivity index is 2.50. The summed E-state index contributed by atoms with van der Waals surface area (Å²) >= 11 is 0. The molecule has 70 valence electrons. The first kappa shape index (κ1) is 8.75. The van der Waals surface area contributed by atoms with Crippen molar-refractivity contribution in [2.75, 3.05) is 5.73 Å². The standard InChI is InChI=1S/C12H12N2/c1-9-6-7-10(8-14-9)11-4-2-3-5-12(11)13/h2-8H,13H2,1H3. The van der Waals surface area contributed by atoms with E-state index in [1.807, 2.05) is 49.5 Å². The number of rotatable bonds is 1. The molecule has 0 radical (unpaired) electrons. The minimum atomic E-state index is 0.790. The summed E-state index contributed by atoms with van der Waals surface area (Å²) in [7, 11) is 0. The van der Waals surface area contributed by atoms with E-state index in [4.69, 9.17) is 5.73 Å². The molecule has 0 amide bonds. The molecular weight excluding hydrogens is 172 g/mol. The van der Waals surface area contributed by atoms with Gasteiger partial charge in [-0.25, -0.2) is 0 Å². The molecule has 1 aromatic carbocycles. The summed E-state index contributed by atoms with van der Waals surface area (Å²) in [5.74, 6) is 0. The topological polar surface area (TPSA) is 38.9 Å². The zero-order chi connectivity index (χ0) is 9.97. The summed E-state index contributed by atoms with van der Waals surface area (Å²) in [5, 5.41) is 0. The normalized spacial score (nSPS) is 10.1. The van der Waals surface area contributed by atoms with E-state index < -0.39 is 0 Å². The predicted molar refractivity (Wildman–Crippen MR) is 58.8 cm³/mol. The SMILES string of the molecule is Cc1ccc(-c2ccccc2N)cn1. The van der Waals surface area contributed by atoms with Gasteiger partial charge in [0.2, 0.25) is 0 Å². The van der Waals surface area contributed by atoms with E-state index in [2.05, 4.69) is 4.98 Å². The molecule has 0 aliphatic carbocycles. The van der Waals surface area contributed by atoms with Crippen LogP contribution in [0.5, 0.6) is 0 Å². The maximum absolute atomic E-state index is 5.86. The predicted octanol–water partition coefficient (Wildman–Crippen LogP) is 2.64. The second kappa shape index (κ2) is 3.50. The number of hydrogen-bond acceptors (Lipinski definition) is 2. The first-order valence-corrected chi connectivity index (χ1v) is 4.55. The van der Waals surface area contributed by atoms with E-state index in [0.29, 0.717) is 0 Å². The minimum absolute atomic E-state index is 0.790. The van der Waals surface area contributed by atoms with E-state index in [1.54, 1.807) is 0 Å². The highest BCUT2D eigenvalue weighted by Gasteiger charge is 2.00. The van der Waals surface area contributed by atoms with Crippen LogP contribution in [0.3, 0.4) is 0 Å². The Morgan fingerprint density at radius 3 is 2.50 bits per heavy atom. The van der Waals surface area contributed by atoms with Crippen LogP contribution in [0.25, 0.3) is 11.1 Å². The monoisotopic (exact) mass is 184 g/mol. The van der Waals surface area contributed by atoms with Gasteiger partial charge in [-0.15, -0.1) is 0 Å². The Bertz CT molecular complexity index is 432. The molecule has 0 fully saturated rings. The number of para-hydroxylation sites is 1. The highest BCUT2D eigenvalue weighted by atomic mass is 14.7. The van der Waals surface area contributed by atoms with Crippen molar-refractivity contribution in [3.05, 3.63) is 48.3 Å². The van der Waals surface area contributed by atoms with E-state index in [0.717, 1.165) is 22.5 Å². The number of nitrogens with zero attached hydrogens (tertiary/aromatic N) is 1. The zero-order valence-corrected chi connectivity index (χ0v) is 8.07. The molecule has 14 heavy (non-hydrogen) atoms. The van der Waals surface area contributed by atoms with Gasteiger partial charge in [-0.3, -0.25) is 4.98 Å². The quantitative estimate of drug-likeness (QED) is 0.692. The van der Waals surface area contributed by atoms with Crippen molar-refractivity contribution < 1.29 is 0 Å². The number of nitrogen functional groups attached to an aromatic ring is 1. The van der Waals surface area contributed by atoms with Crippen LogP contribution in [0, 0.1) is 6.92 Å². The lowest BCUT2D eigenvalue weighted by molar-refractivity contribution is 1.20. The van der Waals surface area contributed by atoms with Gasteiger partial charge in [-0.2, -0.15) is 0 Å². The maximum Gasteiger partial charge on any atom is 0.0394 e. The molecule has 1 aromatic heterocycles. The Labute approximate surface area is 83.4 Å². The molecule has 2 aromatic rings. The fraction of sp³-hybridized carbons (Fsp3) is 0.0833. The van der Waals surface area contributed by atoms with E-state index >= 15 is 0 Å². The molecular formula is C12H12N2. The molecule has 2 N–H and O–H groups in total. The molecule has 0 unspecified atom stereocenters. The van der Waals surface area contributed by atoms with Gasteiger partial charge in [0.05, 0.1) is 0 Å². The van der Waals surface area contributed by atoms with Crippen molar-refractivity contribution in [3.63, 3.8) is 0 Å². The van der Waals surface area contributed by atoms with Crippen LogP contribution in [0.4, 0.5) is 5.69 Å². The number of benzene rings is 1. The first-order valence-electron chi connectivity index (χ1n) is 4.55. The Morgan fingerprint density at radius 1 is 1.07 bits per heavy atom. The summed E-state index contributed by atoms with van der Waals surface area (Å²) in [5.41, 5.74) is 9.77. The molecule has 0 aliphatic heterocycles. The van der Waals surface area contributed by atoms with Gasteiger partial charge in [0, 0.05) is 28.7 Å². The van der Waals surface area contributed by atoms with Gasteiger partial charge in [0.15, 0.2) is 0 Å². The van der Waals surface area contributed by atoms with Crippen LogP contribution in [0.1, 0.15) is 5.69 Å². The molecule has 0 saturated heterocycles. The number of nitrogens with two attached hydrogens (primary N) is 1. The van der Waals surface area contributed by atoms with Crippen LogP contribution in [-0.2, 0) is 0 Å². The molecule has 2 heteroatoms. The van der Waals surface area contributed by atoms with Gasteiger partial charge in [-0.05, 0) is 19.1 Å². The number of anilines is 1. The first-order chi connectivity index (χ1) is 6.77. The van der Waals surface area contributed by atoms with Crippen molar-refractivity contribution in [3.8, 4) is 11.1 Å². The summed E-state index contributed by atoms with van der Waals surface area (Å²) in [6.07, 6.45) is 1.85. The van der Waals surface area contributed by atoms with Gasteiger partial charge in [0.25, 0.3) is 0 Å². The Morgan fingerprint density at radius 2 is 1.86 bits per heavy atom. The molecule has 0 atom stereocenters. The zero-order valence-electron chi connectivity index (χ0n) is 8.07. The van der Waals surface area contributed by atoms with E-state index in [-0.39, 0.29) is 0 Å². The number of aromatic nitrogens is 1. The average molecular weight is 184 g/mol. The molecule has 0 bridgehead atoms. The van der Waals surface area contributed by atoms with Crippen LogP contribution in [0.2, 0.25) is 0 Å². The van der Waals surface area contributed by atoms with Gasteiger partial charge < -0.3 is 5.73 Å². The highest BCUT2D eigenvalue weighted by molar-refractivity contribution is 5.75. The summed E-state index contributed by atoms with van der Waals surface area (Å²) < 4.78 is 0. The molecule has 2 nitrogen and oxygen atoms in total. The third-order valence-electron chi connectivity index (χ3n) is 2.18. The highest BCUT2D eigenvalue weighted by Crippen LogP contribution is 2.24. The summed E-state index contributed by atoms with van der Waals surface area (Å²) in [6.45, 7) is 1.97. The second-order valence-corrected chi connectivity index (χ2v) is 3.28. The minimum Gasteiger partial charge on any atom is -0.398 e. The Kier molecular flexibility index (Phi) is 2.19. The van der Waals surface area contributed by atoms with Crippen molar-refractivity contribution in [1.29, 1.82) is 0 Å². The Hall–Kier alpha value is -1.83. The number of hydrogen-bond donors (Lipinski definition) is 1. The average Bonchev–Trinajstić information content (AvgIpc) is 2.20. The number of aryl methyl sites for hydroxylation is 1. The van der Waals surface area contributed by atoms with Crippen LogP contribution in [-0.4, -0.2) is 4.98 Å². The van der Waals surface area contributed by atoms with E-state index in [1.165, 1.54) is 0 Å². The molecule has 1 heterocycles. The smallest absolute Gasteiger partial charge is 0.0394 e. The van der Waals surface area contributed by atoms with Crippen molar-refractivity contribution in [2.45, 2.75) is 6.92 Å². The lowest BCUT2D eigenvalue weighted by Crippen LogP contribution is -1.90. The van der Waals surface area contributed by atoms with Crippen molar-refractivity contribution >= 4 is 5.69 Å². The van der Waals surface area contributed by atoms with Gasteiger partial charge in [-0.1, -0.05) is 24.3 Å². The molecule has 0 saturated carbocycles. The number of pyridine rings is 1. The largest absolute Gasteiger partial charge is 0.398 e. The fourth-order valence-corrected chi connectivity index (χ4v) is 1.39. The van der Waals surface area contributed by atoms with Crippen molar-refractivity contribution in [1.82, 2.24) is 4.98 Å². The maximum atomic E-state index is 5.86. The molecule has 0 aliphatic rings. The lowest BCUT2D eigenvalue weighted by Gasteiger charge is -2.04. The molecule has 0 spiro atoms. The second-order valence-electron chi connectivity index (χ2n) is 3.28. The van der Waals surface area contributed by atoms with Gasteiger partial charge in [0.1, 0.15) is 0 Å². The molecule has 2 rings (SSSR count). The lowest BCUT2D eigenvalue weighted by atomic mass is 10.1. The van der Waals surface area contributed by atoms with Gasteiger partial charge >= 0.3 is 0 Å². The van der Waals surface area contributed by atoms with Crippen LogP contribution in [0.15, 0.2) is 42.6 Å². The van der Waals surface area contributed by atoms with E-state index in [9.17, 15) is 0 Å². The van der Waals surface area contributed by atoms with Crippen molar-refractivity contribution in [2.24, 2.45) is 0 Å². The fourth-order valence-electron chi connectivity index (χ4n) is 1.39. The van der Waals surface area contributed by atoms with Crippen LogP contribution >= 0.6 is 0 Å². The summed E-state index contributed by atoms with van der Waals surface area (Å²) in [4.78, 5) is 4.24. The van der Waals surface area contributed by atoms with Crippen LogP contribution < -0.4 is 5.73 Å². The summed E-state index contributed by atoms with van der Waals surface area (Å²) in [6, 6.07) is 11.8. The third kappa shape index (κ3) is 1.59. The third-order valence-corrected chi connectivity index (χ3v) is 2.18.